The molecule has 2 aromatic rings. The molecular weight excluding hydrogens is 276 g/mol. The van der Waals surface area contributed by atoms with Crippen molar-refractivity contribution >= 4 is 28.9 Å². The van der Waals surface area contributed by atoms with Crippen molar-refractivity contribution in [1.29, 1.82) is 0 Å². The Bertz CT molecular complexity index is 531. The van der Waals surface area contributed by atoms with Gasteiger partial charge in [-0.1, -0.05) is 23.2 Å². The van der Waals surface area contributed by atoms with E-state index in [1.54, 1.807) is 6.20 Å². The summed E-state index contributed by atoms with van der Waals surface area (Å²) in [6.07, 6.45) is 1.74. The van der Waals surface area contributed by atoms with Crippen LogP contribution in [-0.2, 0) is 13.1 Å². The maximum Gasteiger partial charge on any atom is 0.160 e. The predicted molar refractivity (Wildman–Crippen MR) is 71.6 cm³/mol. The smallest absolute Gasteiger partial charge is 0.160 e. The van der Waals surface area contributed by atoms with Gasteiger partial charge in [0.05, 0.1) is 22.3 Å². The van der Waals surface area contributed by atoms with Crippen LogP contribution in [0.3, 0.4) is 0 Å². The van der Waals surface area contributed by atoms with Gasteiger partial charge in [-0.05, 0) is 25.1 Å². The summed E-state index contributed by atoms with van der Waals surface area (Å²) >= 11 is 11.4. The van der Waals surface area contributed by atoms with Crippen LogP contribution in [0.15, 0.2) is 24.4 Å². The summed E-state index contributed by atoms with van der Waals surface area (Å²) in [5.41, 5.74) is 1.71. The molecule has 2 rings (SSSR count). The van der Waals surface area contributed by atoms with Gasteiger partial charge in [0.2, 0.25) is 0 Å². The Morgan fingerprint density at radius 2 is 2.00 bits per heavy atom. The van der Waals surface area contributed by atoms with Gasteiger partial charge in [-0.2, -0.15) is 5.10 Å². The third-order valence-electron chi connectivity index (χ3n) is 2.56. The topological polar surface area (TPSA) is 29.9 Å². The number of rotatable bonds is 4. The fourth-order valence-electron chi connectivity index (χ4n) is 1.65. The van der Waals surface area contributed by atoms with Crippen LogP contribution in [0.1, 0.15) is 12.6 Å². The van der Waals surface area contributed by atoms with Crippen LogP contribution in [-0.4, -0.2) is 9.78 Å². The summed E-state index contributed by atoms with van der Waals surface area (Å²) < 4.78 is 15.1. The molecule has 0 aliphatic rings. The van der Waals surface area contributed by atoms with Crippen LogP contribution in [0.4, 0.5) is 10.1 Å². The quantitative estimate of drug-likeness (QED) is 0.863. The molecule has 0 fully saturated rings. The van der Waals surface area contributed by atoms with E-state index in [9.17, 15) is 4.39 Å². The first-order valence-electron chi connectivity index (χ1n) is 5.51. The normalized spacial score (nSPS) is 10.7. The van der Waals surface area contributed by atoms with E-state index in [1.165, 1.54) is 12.1 Å². The first-order chi connectivity index (χ1) is 8.61. The van der Waals surface area contributed by atoms with Crippen molar-refractivity contribution in [2.24, 2.45) is 0 Å². The SMILES string of the molecule is CCn1nccc1CNc1cc(Cl)c(F)c(Cl)c1. The minimum Gasteiger partial charge on any atom is -0.379 e. The lowest BCUT2D eigenvalue weighted by molar-refractivity contribution is 0.626. The van der Waals surface area contributed by atoms with Gasteiger partial charge >= 0.3 is 0 Å². The predicted octanol–water partition coefficient (Wildman–Crippen LogP) is 3.96. The molecule has 3 nitrogen and oxygen atoms in total. The molecule has 1 N–H and O–H groups in total. The molecule has 18 heavy (non-hydrogen) atoms. The Morgan fingerprint density at radius 3 is 2.61 bits per heavy atom. The van der Waals surface area contributed by atoms with Gasteiger partial charge in [0.1, 0.15) is 0 Å². The van der Waals surface area contributed by atoms with Crippen LogP contribution in [0, 0.1) is 5.82 Å². The molecule has 96 valence electrons. The minimum absolute atomic E-state index is 0.00833. The lowest BCUT2D eigenvalue weighted by Gasteiger charge is -2.09. The molecule has 0 radical (unpaired) electrons. The second-order valence-electron chi connectivity index (χ2n) is 3.75. The summed E-state index contributed by atoms with van der Waals surface area (Å²) in [6, 6.07) is 4.94. The number of nitrogens with one attached hydrogen (secondary N) is 1. The number of benzene rings is 1. The van der Waals surface area contributed by atoms with Crippen molar-refractivity contribution in [1.82, 2.24) is 9.78 Å². The van der Waals surface area contributed by atoms with E-state index < -0.39 is 5.82 Å². The number of halogens is 3. The van der Waals surface area contributed by atoms with Gasteiger partial charge in [-0.15, -0.1) is 0 Å². The molecule has 0 spiro atoms. The van der Waals surface area contributed by atoms with Crippen LogP contribution in [0.25, 0.3) is 0 Å². The van der Waals surface area contributed by atoms with E-state index in [0.29, 0.717) is 12.2 Å². The average molecular weight is 288 g/mol. The molecule has 0 atom stereocenters. The lowest BCUT2D eigenvalue weighted by Crippen LogP contribution is -2.07. The highest BCUT2D eigenvalue weighted by atomic mass is 35.5. The van der Waals surface area contributed by atoms with Crippen molar-refractivity contribution in [3.8, 4) is 0 Å². The van der Waals surface area contributed by atoms with Crippen LogP contribution in [0.2, 0.25) is 10.0 Å². The summed E-state index contributed by atoms with van der Waals surface area (Å²) in [4.78, 5) is 0. The monoisotopic (exact) mass is 287 g/mol. The number of aryl methyl sites for hydroxylation is 1. The molecule has 0 saturated carbocycles. The van der Waals surface area contributed by atoms with Gasteiger partial charge < -0.3 is 5.32 Å². The van der Waals surface area contributed by atoms with Gasteiger partial charge in [0.25, 0.3) is 0 Å². The van der Waals surface area contributed by atoms with Crippen LogP contribution >= 0.6 is 23.2 Å². The zero-order chi connectivity index (χ0) is 13.1. The standard InChI is InChI=1S/C12H12Cl2FN3/c1-2-18-9(3-4-17-18)7-16-8-5-10(13)12(15)11(14)6-8/h3-6,16H,2,7H2,1H3. The van der Waals surface area contributed by atoms with Crippen molar-refractivity contribution in [3.05, 3.63) is 46.0 Å². The van der Waals surface area contributed by atoms with Gasteiger partial charge in [0, 0.05) is 18.4 Å². The fourth-order valence-corrected chi connectivity index (χ4v) is 2.13. The third kappa shape index (κ3) is 2.76. The van der Waals surface area contributed by atoms with E-state index >= 15 is 0 Å². The highest BCUT2D eigenvalue weighted by Gasteiger charge is 2.08. The van der Waals surface area contributed by atoms with E-state index in [-0.39, 0.29) is 10.0 Å². The van der Waals surface area contributed by atoms with Gasteiger partial charge in [-0.25, -0.2) is 4.39 Å². The summed E-state index contributed by atoms with van der Waals surface area (Å²) in [5.74, 6) is -0.595. The Labute approximate surface area is 115 Å². The van der Waals surface area contributed by atoms with Gasteiger partial charge in [-0.3, -0.25) is 4.68 Å². The van der Waals surface area contributed by atoms with Crippen molar-refractivity contribution in [2.75, 3.05) is 5.32 Å². The Morgan fingerprint density at radius 1 is 1.33 bits per heavy atom. The van der Waals surface area contributed by atoms with Gasteiger partial charge in [0.15, 0.2) is 5.82 Å². The largest absolute Gasteiger partial charge is 0.379 e. The first-order valence-corrected chi connectivity index (χ1v) is 6.26. The summed E-state index contributed by atoms with van der Waals surface area (Å²) in [6.45, 7) is 3.39. The Kier molecular flexibility index (Phi) is 4.09. The number of anilines is 1. The molecule has 0 amide bonds. The third-order valence-corrected chi connectivity index (χ3v) is 3.11. The highest BCUT2D eigenvalue weighted by Crippen LogP contribution is 2.27. The van der Waals surface area contributed by atoms with E-state index in [0.717, 1.165) is 12.2 Å². The molecule has 0 aliphatic carbocycles. The fraction of sp³-hybridized carbons (Fsp3) is 0.250. The molecule has 1 aromatic carbocycles. The zero-order valence-electron chi connectivity index (χ0n) is 9.75. The Balaban J connectivity index is 2.11. The lowest BCUT2D eigenvalue weighted by atomic mass is 10.3. The van der Waals surface area contributed by atoms with Crippen LogP contribution < -0.4 is 5.32 Å². The maximum atomic E-state index is 13.2. The molecule has 1 aromatic heterocycles. The number of aromatic nitrogens is 2. The molecular formula is C12H12Cl2FN3. The number of nitrogens with zero attached hydrogens (tertiary/aromatic N) is 2. The summed E-state index contributed by atoms with van der Waals surface area (Å²) in [7, 11) is 0. The van der Waals surface area contributed by atoms with Crippen molar-refractivity contribution < 1.29 is 4.39 Å². The second-order valence-corrected chi connectivity index (χ2v) is 4.56. The highest BCUT2D eigenvalue weighted by molar-refractivity contribution is 6.35. The molecule has 0 saturated heterocycles. The Hall–Kier alpha value is -1.26. The first kappa shape index (κ1) is 13.2. The van der Waals surface area contributed by atoms with E-state index in [1.807, 2.05) is 17.7 Å². The maximum absolute atomic E-state index is 13.2. The molecule has 0 unspecified atom stereocenters. The van der Waals surface area contributed by atoms with Crippen molar-refractivity contribution in [2.45, 2.75) is 20.0 Å². The van der Waals surface area contributed by atoms with Crippen LogP contribution in [0.5, 0.6) is 0 Å². The second kappa shape index (κ2) is 5.59. The summed E-state index contributed by atoms with van der Waals surface area (Å²) in [5, 5.41) is 7.31. The van der Waals surface area contributed by atoms with Crippen molar-refractivity contribution in [3.63, 3.8) is 0 Å². The zero-order valence-corrected chi connectivity index (χ0v) is 11.3. The molecule has 0 aliphatic heterocycles. The number of hydrogen-bond donors (Lipinski definition) is 1. The van der Waals surface area contributed by atoms with E-state index in [2.05, 4.69) is 10.4 Å². The minimum atomic E-state index is -0.595. The van der Waals surface area contributed by atoms with E-state index in [4.69, 9.17) is 23.2 Å². The molecule has 6 heteroatoms. The average Bonchev–Trinajstić information content (AvgIpc) is 2.80. The number of hydrogen-bond acceptors (Lipinski definition) is 2. The molecule has 1 heterocycles. The molecule has 0 bridgehead atoms.